The van der Waals surface area contributed by atoms with Crippen molar-refractivity contribution in [2.75, 3.05) is 13.6 Å². The summed E-state index contributed by atoms with van der Waals surface area (Å²) < 4.78 is 0. The van der Waals surface area contributed by atoms with Gasteiger partial charge in [-0.1, -0.05) is 30.4 Å². The molecule has 0 aliphatic carbocycles. The molecule has 0 rings (SSSR count). The van der Waals surface area contributed by atoms with Crippen LogP contribution in [0.3, 0.4) is 0 Å². The van der Waals surface area contributed by atoms with E-state index in [1.807, 2.05) is 26.1 Å². The van der Waals surface area contributed by atoms with Crippen molar-refractivity contribution in [1.29, 1.82) is 0 Å². The van der Waals surface area contributed by atoms with Gasteiger partial charge in [-0.25, -0.2) is 4.99 Å². The molecule has 0 saturated carbocycles. The van der Waals surface area contributed by atoms with E-state index in [9.17, 15) is 4.79 Å². The molecule has 0 aromatic rings. The first-order valence-electron chi connectivity index (χ1n) is 6.52. The second kappa shape index (κ2) is 12.0. The highest BCUT2D eigenvalue weighted by atomic mass is 16.1. The first kappa shape index (κ1) is 17.9. The molecule has 0 fully saturated rings. The van der Waals surface area contributed by atoms with Crippen molar-refractivity contribution in [2.24, 2.45) is 16.6 Å². The summed E-state index contributed by atoms with van der Waals surface area (Å²) in [6.07, 6.45) is 12.2. The Morgan fingerprint density at radius 1 is 1.50 bits per heavy atom. The van der Waals surface area contributed by atoms with Gasteiger partial charge in [0.05, 0.1) is 12.7 Å². The topological polar surface area (TPSA) is 79.5 Å². The van der Waals surface area contributed by atoms with Crippen LogP contribution in [0.4, 0.5) is 0 Å². The number of nitrogens with zero attached hydrogens (tertiary/aromatic N) is 1. The predicted molar refractivity (Wildman–Crippen MR) is 84.3 cm³/mol. The third kappa shape index (κ3) is 8.91. The highest BCUT2D eigenvalue weighted by Crippen LogP contribution is 2.08. The molecule has 5 heteroatoms. The predicted octanol–water partition coefficient (Wildman–Crippen LogP) is 1.11. The number of aliphatic imine (C=N–C) groups is 1. The fourth-order valence-electron chi connectivity index (χ4n) is 1.42. The first-order chi connectivity index (χ1) is 9.65. The zero-order valence-corrected chi connectivity index (χ0v) is 12.2. The van der Waals surface area contributed by atoms with Crippen LogP contribution in [-0.4, -0.2) is 31.5 Å². The molecule has 0 bridgehead atoms. The molecule has 0 aliphatic heterocycles. The summed E-state index contributed by atoms with van der Waals surface area (Å²) in [5.74, 6) is 2.38. The van der Waals surface area contributed by atoms with Crippen molar-refractivity contribution in [1.82, 2.24) is 10.6 Å². The van der Waals surface area contributed by atoms with E-state index in [1.165, 1.54) is 6.20 Å². The maximum Gasteiger partial charge on any atom is 0.236 e. The van der Waals surface area contributed by atoms with Gasteiger partial charge < -0.3 is 11.1 Å². The summed E-state index contributed by atoms with van der Waals surface area (Å²) in [5.41, 5.74) is 4.99. The summed E-state index contributed by atoms with van der Waals surface area (Å²) in [7, 11) is 1.82. The third-order valence-corrected chi connectivity index (χ3v) is 2.46. The molecule has 5 nitrogen and oxygen atoms in total. The van der Waals surface area contributed by atoms with E-state index in [1.54, 1.807) is 0 Å². The smallest absolute Gasteiger partial charge is 0.236 e. The minimum atomic E-state index is -0.427. The van der Waals surface area contributed by atoms with Gasteiger partial charge in [-0.3, -0.25) is 10.1 Å². The molecular weight excluding hydrogens is 252 g/mol. The molecule has 0 radical (unpaired) electrons. The van der Waals surface area contributed by atoms with Crippen molar-refractivity contribution in [3.63, 3.8) is 0 Å². The number of carbonyl (C=O) groups excluding carboxylic acids is 1. The van der Waals surface area contributed by atoms with Crippen molar-refractivity contribution < 1.29 is 4.79 Å². The second-order valence-corrected chi connectivity index (χ2v) is 4.03. The second-order valence-electron chi connectivity index (χ2n) is 4.03. The summed E-state index contributed by atoms with van der Waals surface area (Å²) in [4.78, 5) is 14.8. The SMILES string of the molecule is C=CC(/C=C\C/C=C\C)C(N=C=CNCC(N)=O)NC. The average Bonchev–Trinajstić information content (AvgIpc) is 2.44. The Kier molecular flexibility index (Phi) is 10.7. The standard InChI is InChI=1S/C15H24N4O/c1-4-6-7-8-9-13(5-2)15(17-3)19-11-10-18-12-14(16)20/h4-6,8-10,13,15,17-18H,2,7,12H2,1,3H3,(H2,16,20)/b6-4-,9-8-. The Balaban J connectivity index is 4.52. The molecule has 0 aliphatic rings. The van der Waals surface area contributed by atoms with Crippen molar-refractivity contribution in [3.8, 4) is 0 Å². The average molecular weight is 276 g/mol. The minimum Gasteiger partial charge on any atom is -0.375 e. The normalized spacial score (nSPS) is 13.7. The molecule has 110 valence electrons. The Hall–Kier alpha value is -2.10. The Labute approximate surface area is 121 Å². The quantitative estimate of drug-likeness (QED) is 0.413. The van der Waals surface area contributed by atoms with Crippen molar-refractivity contribution >= 4 is 11.8 Å². The molecule has 0 aromatic carbocycles. The number of rotatable bonds is 10. The number of nitrogens with two attached hydrogens (primary N) is 1. The summed E-state index contributed by atoms with van der Waals surface area (Å²) in [5, 5.41) is 5.78. The zero-order valence-electron chi connectivity index (χ0n) is 12.2. The number of hydrogen-bond acceptors (Lipinski definition) is 4. The van der Waals surface area contributed by atoms with Gasteiger partial charge in [0.2, 0.25) is 5.91 Å². The lowest BCUT2D eigenvalue weighted by Gasteiger charge is -2.15. The molecule has 0 spiro atoms. The summed E-state index contributed by atoms with van der Waals surface area (Å²) >= 11 is 0. The molecular formula is C15H24N4O. The lowest BCUT2D eigenvalue weighted by molar-refractivity contribution is -0.117. The van der Waals surface area contributed by atoms with Gasteiger partial charge in [0.1, 0.15) is 6.17 Å². The zero-order chi connectivity index (χ0) is 15.2. The number of allylic oxidation sites excluding steroid dienone is 3. The number of nitrogens with one attached hydrogen (secondary N) is 2. The van der Waals surface area contributed by atoms with Crippen LogP contribution in [0, 0.1) is 5.92 Å². The fraction of sp³-hybridized carbons (Fsp3) is 0.400. The summed E-state index contributed by atoms with van der Waals surface area (Å²) in [6.45, 7) is 5.87. The lowest BCUT2D eigenvalue weighted by Crippen LogP contribution is -2.29. The van der Waals surface area contributed by atoms with E-state index in [4.69, 9.17) is 5.73 Å². The number of carbonyl (C=O) groups is 1. The van der Waals surface area contributed by atoms with E-state index in [0.717, 1.165) is 6.42 Å². The minimum absolute atomic E-state index is 0.0703. The number of primary amides is 1. The van der Waals surface area contributed by atoms with E-state index < -0.39 is 5.91 Å². The molecule has 1 amide bonds. The van der Waals surface area contributed by atoms with Crippen LogP contribution in [0.1, 0.15) is 13.3 Å². The largest absolute Gasteiger partial charge is 0.375 e. The van der Waals surface area contributed by atoms with Gasteiger partial charge in [-0.05, 0) is 20.4 Å². The van der Waals surface area contributed by atoms with Crippen LogP contribution in [0.5, 0.6) is 0 Å². The van der Waals surface area contributed by atoms with Gasteiger partial charge >= 0.3 is 0 Å². The van der Waals surface area contributed by atoms with Crippen LogP contribution in [0.25, 0.3) is 0 Å². The highest BCUT2D eigenvalue weighted by Gasteiger charge is 2.11. The van der Waals surface area contributed by atoms with Gasteiger partial charge in [-0.2, -0.15) is 0 Å². The van der Waals surface area contributed by atoms with Crippen molar-refractivity contribution in [3.05, 3.63) is 43.2 Å². The molecule has 0 saturated heterocycles. The van der Waals surface area contributed by atoms with Crippen LogP contribution in [-0.2, 0) is 4.79 Å². The molecule has 4 N–H and O–H groups in total. The van der Waals surface area contributed by atoms with Gasteiger partial charge in [0.25, 0.3) is 0 Å². The van der Waals surface area contributed by atoms with Crippen LogP contribution >= 0.6 is 0 Å². The number of hydrogen-bond donors (Lipinski definition) is 3. The monoisotopic (exact) mass is 276 g/mol. The van der Waals surface area contributed by atoms with Gasteiger partial charge in [0, 0.05) is 11.8 Å². The fourth-order valence-corrected chi connectivity index (χ4v) is 1.42. The molecule has 0 aromatic heterocycles. The van der Waals surface area contributed by atoms with E-state index in [0.29, 0.717) is 0 Å². The Morgan fingerprint density at radius 3 is 2.80 bits per heavy atom. The molecule has 20 heavy (non-hydrogen) atoms. The first-order valence-corrected chi connectivity index (χ1v) is 6.52. The summed E-state index contributed by atoms with van der Waals surface area (Å²) in [6, 6.07) is 0. The van der Waals surface area contributed by atoms with Crippen LogP contribution in [0.2, 0.25) is 0 Å². The molecule has 2 atom stereocenters. The lowest BCUT2D eigenvalue weighted by atomic mass is 10.1. The maximum atomic E-state index is 10.5. The maximum absolute atomic E-state index is 10.5. The van der Waals surface area contributed by atoms with Crippen molar-refractivity contribution in [2.45, 2.75) is 19.5 Å². The Bertz CT molecular complexity index is 406. The van der Waals surface area contributed by atoms with E-state index in [2.05, 4.69) is 46.3 Å². The van der Waals surface area contributed by atoms with Gasteiger partial charge in [0.15, 0.2) is 0 Å². The van der Waals surface area contributed by atoms with E-state index in [-0.39, 0.29) is 18.6 Å². The number of amides is 1. The molecule has 0 heterocycles. The van der Waals surface area contributed by atoms with E-state index >= 15 is 0 Å². The Morgan fingerprint density at radius 2 is 2.25 bits per heavy atom. The van der Waals surface area contributed by atoms with Gasteiger partial charge in [-0.15, -0.1) is 6.58 Å². The highest BCUT2D eigenvalue weighted by molar-refractivity contribution is 5.76. The van der Waals surface area contributed by atoms with Crippen LogP contribution < -0.4 is 16.4 Å². The molecule has 2 unspecified atom stereocenters. The third-order valence-electron chi connectivity index (χ3n) is 2.46. The van der Waals surface area contributed by atoms with Crippen LogP contribution in [0.15, 0.2) is 48.2 Å².